The van der Waals surface area contributed by atoms with Crippen molar-refractivity contribution in [2.45, 2.75) is 26.0 Å². The lowest BCUT2D eigenvalue weighted by molar-refractivity contribution is 0.0698. The van der Waals surface area contributed by atoms with Crippen LogP contribution in [-0.2, 0) is 13.0 Å². The predicted molar refractivity (Wildman–Crippen MR) is 139 cm³/mol. The van der Waals surface area contributed by atoms with Gasteiger partial charge in [0.1, 0.15) is 18.1 Å². The Bertz CT molecular complexity index is 1350. The summed E-state index contributed by atoms with van der Waals surface area (Å²) in [5.74, 6) is 1.46. The lowest BCUT2D eigenvalue weighted by Crippen LogP contribution is -2.40. The van der Waals surface area contributed by atoms with E-state index in [9.17, 15) is 9.59 Å². The van der Waals surface area contributed by atoms with Gasteiger partial charge in [0, 0.05) is 20.1 Å². The van der Waals surface area contributed by atoms with Crippen LogP contribution in [0.1, 0.15) is 55.6 Å². The summed E-state index contributed by atoms with van der Waals surface area (Å²) in [6, 6.07) is 23.2. The molecular formula is C29H28N2O4S. The molecule has 0 saturated carbocycles. The first-order chi connectivity index (χ1) is 17.5. The number of hydrogen-bond donors (Lipinski definition) is 0. The van der Waals surface area contributed by atoms with Crippen molar-refractivity contribution in [3.8, 4) is 5.75 Å². The molecule has 3 heterocycles. The smallest absolute Gasteiger partial charge is 0.289 e. The van der Waals surface area contributed by atoms with Crippen molar-refractivity contribution in [3.05, 3.63) is 111 Å². The minimum atomic E-state index is -0.203. The molecule has 2 aromatic carbocycles. The van der Waals surface area contributed by atoms with Gasteiger partial charge in [-0.05, 0) is 65.7 Å². The summed E-state index contributed by atoms with van der Waals surface area (Å²) in [4.78, 5) is 30.1. The van der Waals surface area contributed by atoms with Gasteiger partial charge in [-0.3, -0.25) is 9.59 Å². The van der Waals surface area contributed by atoms with Crippen LogP contribution >= 0.6 is 11.3 Å². The maximum atomic E-state index is 13.4. The third kappa shape index (κ3) is 4.79. The minimum absolute atomic E-state index is 0.0423. The number of benzene rings is 2. The number of amides is 2. The summed E-state index contributed by atoms with van der Waals surface area (Å²) in [7, 11) is 1.74. The van der Waals surface area contributed by atoms with Crippen molar-refractivity contribution < 1.29 is 18.7 Å². The van der Waals surface area contributed by atoms with Gasteiger partial charge in [-0.1, -0.05) is 42.5 Å². The number of carbonyl (C=O) groups excluding carboxylic acids is 2. The number of carbonyl (C=O) groups is 2. The summed E-state index contributed by atoms with van der Waals surface area (Å²) in [6.07, 6.45) is 0.782. The molecule has 7 heteroatoms. The molecule has 0 N–H and O–H groups in total. The van der Waals surface area contributed by atoms with Gasteiger partial charge >= 0.3 is 0 Å². The molecule has 5 rings (SSSR count). The van der Waals surface area contributed by atoms with Crippen LogP contribution in [0.4, 0.5) is 0 Å². The second kappa shape index (κ2) is 10.4. The summed E-state index contributed by atoms with van der Waals surface area (Å²) in [5.41, 5.74) is 3.34. The standard InChI is InChI=1S/C29H28N2O4S/c1-3-30(2)28(32)25-14-13-23(35-25)19-34-22-12-11-20-15-16-31(29(33)26-10-7-17-36-26)27(24(20)18-22)21-8-5-4-6-9-21/h4-14,17-18,27H,3,15-16,19H2,1-2H3. The van der Waals surface area contributed by atoms with Crippen molar-refractivity contribution in [3.63, 3.8) is 0 Å². The number of nitrogens with zero attached hydrogens (tertiary/aromatic N) is 2. The van der Waals surface area contributed by atoms with Crippen LogP contribution in [0.2, 0.25) is 0 Å². The van der Waals surface area contributed by atoms with E-state index in [4.69, 9.17) is 9.15 Å². The van der Waals surface area contributed by atoms with Crippen molar-refractivity contribution in [1.82, 2.24) is 9.80 Å². The van der Waals surface area contributed by atoms with Crippen LogP contribution in [0.15, 0.2) is 82.6 Å². The van der Waals surface area contributed by atoms with Gasteiger partial charge in [-0.25, -0.2) is 0 Å². The molecule has 0 bridgehead atoms. The summed E-state index contributed by atoms with van der Waals surface area (Å²) in [6.45, 7) is 3.38. The molecule has 1 aliphatic heterocycles. The highest BCUT2D eigenvalue weighted by molar-refractivity contribution is 7.12. The molecule has 0 aliphatic carbocycles. The Labute approximate surface area is 214 Å². The van der Waals surface area contributed by atoms with E-state index in [0.29, 0.717) is 30.4 Å². The zero-order valence-corrected chi connectivity index (χ0v) is 21.2. The Morgan fingerprint density at radius 2 is 1.92 bits per heavy atom. The van der Waals surface area contributed by atoms with Crippen LogP contribution in [0, 0.1) is 0 Å². The van der Waals surface area contributed by atoms with Gasteiger partial charge in [-0.2, -0.15) is 0 Å². The van der Waals surface area contributed by atoms with Crippen molar-refractivity contribution in [2.75, 3.05) is 20.1 Å². The molecule has 1 atom stereocenters. The van der Waals surface area contributed by atoms with Crippen molar-refractivity contribution in [1.29, 1.82) is 0 Å². The molecule has 2 aromatic heterocycles. The fourth-order valence-electron chi connectivity index (χ4n) is 4.49. The number of fused-ring (bicyclic) bond motifs is 1. The molecule has 0 radical (unpaired) electrons. The van der Waals surface area contributed by atoms with Gasteiger partial charge < -0.3 is 19.0 Å². The number of furan rings is 1. The minimum Gasteiger partial charge on any atom is -0.486 e. The topological polar surface area (TPSA) is 63.0 Å². The predicted octanol–water partition coefficient (Wildman–Crippen LogP) is 5.80. The van der Waals surface area contributed by atoms with Crippen molar-refractivity contribution in [2.24, 2.45) is 0 Å². The molecule has 1 aliphatic rings. The maximum Gasteiger partial charge on any atom is 0.289 e. The van der Waals surface area contributed by atoms with E-state index in [1.54, 1.807) is 24.1 Å². The molecule has 6 nitrogen and oxygen atoms in total. The van der Waals surface area contributed by atoms with Gasteiger partial charge in [-0.15, -0.1) is 11.3 Å². The molecule has 1 unspecified atom stereocenters. The highest BCUT2D eigenvalue weighted by Gasteiger charge is 2.33. The maximum absolute atomic E-state index is 13.4. The third-order valence-electron chi connectivity index (χ3n) is 6.53. The van der Waals surface area contributed by atoms with Crippen LogP contribution in [0.25, 0.3) is 0 Å². The van der Waals surface area contributed by atoms with Crippen LogP contribution in [0.5, 0.6) is 5.75 Å². The summed E-state index contributed by atoms with van der Waals surface area (Å²) >= 11 is 1.47. The Kier molecular flexibility index (Phi) is 6.91. The van der Waals surface area contributed by atoms with Gasteiger partial charge in [0.25, 0.3) is 11.8 Å². The first-order valence-electron chi connectivity index (χ1n) is 12.0. The Morgan fingerprint density at radius 1 is 1.08 bits per heavy atom. The number of ether oxygens (including phenoxy) is 1. The number of rotatable bonds is 7. The number of thiophene rings is 1. The lowest BCUT2D eigenvalue weighted by atomic mass is 9.88. The fourth-order valence-corrected chi connectivity index (χ4v) is 5.17. The van der Waals surface area contributed by atoms with E-state index in [0.717, 1.165) is 22.4 Å². The average molecular weight is 501 g/mol. The van der Waals surface area contributed by atoms with E-state index in [-0.39, 0.29) is 24.5 Å². The van der Waals surface area contributed by atoms with E-state index in [2.05, 4.69) is 18.2 Å². The SMILES string of the molecule is CCN(C)C(=O)c1ccc(COc2ccc3c(c2)C(c2ccccc2)N(C(=O)c2cccs2)CC3)o1. The van der Waals surface area contributed by atoms with Crippen LogP contribution < -0.4 is 4.74 Å². The monoisotopic (exact) mass is 500 g/mol. The first-order valence-corrected chi connectivity index (χ1v) is 12.9. The zero-order valence-electron chi connectivity index (χ0n) is 20.3. The average Bonchev–Trinajstić information content (AvgIpc) is 3.63. The summed E-state index contributed by atoms with van der Waals surface area (Å²) in [5, 5.41) is 1.93. The highest BCUT2D eigenvalue weighted by Crippen LogP contribution is 2.38. The van der Waals surface area contributed by atoms with E-state index in [1.807, 2.05) is 59.7 Å². The highest BCUT2D eigenvalue weighted by atomic mass is 32.1. The molecule has 4 aromatic rings. The molecule has 184 valence electrons. The van der Waals surface area contributed by atoms with E-state index >= 15 is 0 Å². The molecule has 36 heavy (non-hydrogen) atoms. The van der Waals surface area contributed by atoms with E-state index in [1.165, 1.54) is 16.9 Å². The molecule has 0 fully saturated rings. The Hall–Kier alpha value is -3.84. The Balaban J connectivity index is 1.41. The first kappa shape index (κ1) is 23.9. The fraction of sp³-hybridized carbons (Fsp3) is 0.241. The lowest BCUT2D eigenvalue weighted by Gasteiger charge is -2.37. The third-order valence-corrected chi connectivity index (χ3v) is 7.39. The van der Waals surface area contributed by atoms with Crippen LogP contribution in [0.3, 0.4) is 0 Å². The van der Waals surface area contributed by atoms with Gasteiger partial charge in [0.15, 0.2) is 5.76 Å². The quantitative estimate of drug-likeness (QED) is 0.322. The van der Waals surface area contributed by atoms with Gasteiger partial charge in [0.2, 0.25) is 0 Å². The molecule has 0 saturated heterocycles. The Morgan fingerprint density at radius 3 is 2.67 bits per heavy atom. The van der Waals surface area contributed by atoms with E-state index < -0.39 is 0 Å². The van der Waals surface area contributed by atoms with Crippen molar-refractivity contribution >= 4 is 23.2 Å². The largest absolute Gasteiger partial charge is 0.486 e. The summed E-state index contributed by atoms with van der Waals surface area (Å²) < 4.78 is 11.8. The molecular weight excluding hydrogens is 472 g/mol. The van der Waals surface area contributed by atoms with Gasteiger partial charge in [0.05, 0.1) is 10.9 Å². The second-order valence-corrected chi connectivity index (χ2v) is 9.72. The number of hydrogen-bond acceptors (Lipinski definition) is 5. The molecule has 0 spiro atoms. The normalized spacial score (nSPS) is 14.8. The second-order valence-electron chi connectivity index (χ2n) is 8.77. The van der Waals surface area contributed by atoms with Crippen LogP contribution in [-0.4, -0.2) is 41.8 Å². The zero-order chi connectivity index (χ0) is 25.1. The molecule has 2 amide bonds.